The first-order chi connectivity index (χ1) is 24.5. The third-order valence-electron chi connectivity index (χ3n) is 7.48. The van der Waals surface area contributed by atoms with Crippen molar-refractivity contribution < 1.29 is 19.1 Å². The van der Waals surface area contributed by atoms with E-state index in [4.69, 9.17) is 9.47 Å². The summed E-state index contributed by atoms with van der Waals surface area (Å²) < 4.78 is 11.8. The van der Waals surface area contributed by atoms with E-state index < -0.39 is 0 Å². The summed E-state index contributed by atoms with van der Waals surface area (Å²) >= 11 is 2.76. The Morgan fingerprint density at radius 1 is 0.520 bits per heavy atom. The van der Waals surface area contributed by atoms with E-state index in [2.05, 4.69) is 31.0 Å². The van der Waals surface area contributed by atoms with Gasteiger partial charge in [0.05, 0.1) is 12.8 Å². The smallest absolute Gasteiger partial charge is 0.230 e. The van der Waals surface area contributed by atoms with Crippen LogP contribution in [-0.4, -0.2) is 32.2 Å². The minimum atomic E-state index is -0.159. The molecule has 6 rings (SSSR count). The Balaban J connectivity index is 0.876. The van der Waals surface area contributed by atoms with Crippen LogP contribution in [0.2, 0.25) is 0 Å². The minimum absolute atomic E-state index is 0.159. The lowest BCUT2D eigenvalue weighted by Crippen LogP contribution is -2.14. The zero-order valence-corrected chi connectivity index (χ0v) is 28.9. The van der Waals surface area contributed by atoms with E-state index in [-0.39, 0.29) is 24.7 Å². The van der Waals surface area contributed by atoms with Crippen LogP contribution in [0, 0.1) is 0 Å². The largest absolute Gasteiger partial charge is 0.489 e. The number of aromatic nitrogens is 4. The van der Waals surface area contributed by atoms with Crippen LogP contribution in [0.3, 0.4) is 0 Å². The van der Waals surface area contributed by atoms with Gasteiger partial charge >= 0.3 is 0 Å². The quantitative estimate of drug-likeness (QED) is 0.0936. The summed E-state index contributed by atoms with van der Waals surface area (Å²) in [5.74, 6) is 1.12. The van der Waals surface area contributed by atoms with Crippen molar-refractivity contribution in [2.75, 3.05) is 10.6 Å². The summed E-state index contributed by atoms with van der Waals surface area (Å²) in [7, 11) is 0. The second-order valence-electron chi connectivity index (χ2n) is 11.5. The standard InChI is InChI=1S/C38H36N6O4S2/c45-33(23-29-15-9-17-31(21-29)47-25-27-11-3-1-4-12-27)39-37-43-41-35(49-37)19-7-8-20-36-42-44-38(50-36)40-34(46)24-30-16-10-18-32(22-30)48-26-28-13-5-2-6-14-28/h1-6,9-18,21-22H,7-8,19-20,23-26H2,(H,39,43,45)(H,40,44,46). The van der Waals surface area contributed by atoms with Gasteiger partial charge in [-0.05, 0) is 59.4 Å². The number of nitrogens with zero attached hydrogens (tertiary/aromatic N) is 4. The first-order valence-corrected chi connectivity index (χ1v) is 17.9. The molecule has 0 aliphatic rings. The highest BCUT2D eigenvalue weighted by Gasteiger charge is 2.12. The van der Waals surface area contributed by atoms with Crippen LogP contribution in [0.15, 0.2) is 109 Å². The molecule has 0 spiro atoms. The van der Waals surface area contributed by atoms with Crippen molar-refractivity contribution in [3.63, 3.8) is 0 Å². The number of hydrogen-bond acceptors (Lipinski definition) is 10. The molecule has 0 saturated heterocycles. The maximum atomic E-state index is 12.7. The molecule has 0 unspecified atom stereocenters. The summed E-state index contributed by atoms with van der Waals surface area (Å²) in [6, 6.07) is 35.0. The SMILES string of the molecule is O=C(Cc1cccc(OCc2ccccc2)c1)Nc1nnc(CCCCc2nnc(NC(=O)Cc3cccc(OCc4ccccc4)c3)s2)s1. The van der Waals surface area contributed by atoms with Gasteiger partial charge in [0, 0.05) is 12.8 Å². The van der Waals surface area contributed by atoms with Crippen LogP contribution >= 0.6 is 22.7 Å². The third kappa shape index (κ3) is 11.0. The molecule has 0 fully saturated rings. The lowest BCUT2D eigenvalue weighted by molar-refractivity contribution is -0.116. The molecule has 12 heteroatoms. The maximum absolute atomic E-state index is 12.7. The van der Waals surface area contributed by atoms with Crippen molar-refractivity contribution >= 4 is 44.8 Å². The van der Waals surface area contributed by atoms with Gasteiger partial charge in [0.25, 0.3) is 0 Å². The summed E-state index contributed by atoms with van der Waals surface area (Å²) in [6.45, 7) is 0.931. The van der Waals surface area contributed by atoms with E-state index in [0.717, 1.165) is 69.5 Å². The first-order valence-electron chi connectivity index (χ1n) is 16.3. The highest BCUT2D eigenvalue weighted by atomic mass is 32.1. The van der Waals surface area contributed by atoms with Gasteiger partial charge in [0.1, 0.15) is 34.7 Å². The van der Waals surface area contributed by atoms with Crippen molar-refractivity contribution in [1.29, 1.82) is 0 Å². The van der Waals surface area contributed by atoms with E-state index in [1.807, 2.05) is 109 Å². The maximum Gasteiger partial charge on any atom is 0.230 e. The normalized spacial score (nSPS) is 10.8. The van der Waals surface area contributed by atoms with Crippen molar-refractivity contribution in [3.05, 3.63) is 141 Å². The molecule has 0 aliphatic heterocycles. The topological polar surface area (TPSA) is 128 Å². The third-order valence-corrected chi connectivity index (χ3v) is 9.28. The van der Waals surface area contributed by atoms with E-state index in [9.17, 15) is 9.59 Å². The highest BCUT2D eigenvalue weighted by molar-refractivity contribution is 7.15. The van der Waals surface area contributed by atoms with E-state index in [1.54, 1.807) is 0 Å². The Morgan fingerprint density at radius 3 is 1.38 bits per heavy atom. The molecule has 254 valence electrons. The predicted molar refractivity (Wildman–Crippen MR) is 196 cm³/mol. The molecular weight excluding hydrogens is 669 g/mol. The zero-order chi connectivity index (χ0) is 34.4. The molecule has 0 saturated carbocycles. The Bertz CT molecular complexity index is 1840. The van der Waals surface area contributed by atoms with Crippen molar-refractivity contribution in [3.8, 4) is 11.5 Å². The van der Waals surface area contributed by atoms with Gasteiger partial charge in [-0.3, -0.25) is 9.59 Å². The van der Waals surface area contributed by atoms with Gasteiger partial charge in [0.2, 0.25) is 22.1 Å². The van der Waals surface area contributed by atoms with Crippen LogP contribution in [0.4, 0.5) is 10.3 Å². The number of carbonyl (C=O) groups excluding carboxylic acids is 2. The molecule has 4 aromatic carbocycles. The number of hydrogen-bond donors (Lipinski definition) is 2. The fraction of sp³-hybridized carbons (Fsp3) is 0.211. The number of rotatable bonds is 17. The average Bonchev–Trinajstić information content (AvgIpc) is 3.78. The van der Waals surface area contributed by atoms with Crippen LogP contribution < -0.4 is 20.1 Å². The van der Waals surface area contributed by atoms with Crippen molar-refractivity contribution in [2.45, 2.75) is 51.7 Å². The Hall–Kier alpha value is -5.46. The Kier molecular flexibility index (Phi) is 12.2. The number of carbonyl (C=O) groups is 2. The number of anilines is 2. The summed E-state index contributed by atoms with van der Waals surface area (Å²) in [6.07, 6.45) is 3.65. The van der Waals surface area contributed by atoms with Crippen LogP contribution in [-0.2, 0) is 48.5 Å². The predicted octanol–water partition coefficient (Wildman–Crippen LogP) is 7.48. The molecule has 0 bridgehead atoms. The molecule has 0 aliphatic carbocycles. The van der Waals surface area contributed by atoms with Crippen LogP contribution in [0.25, 0.3) is 0 Å². The lowest BCUT2D eigenvalue weighted by atomic mass is 10.1. The molecule has 2 N–H and O–H groups in total. The van der Waals surface area contributed by atoms with Crippen molar-refractivity contribution in [1.82, 2.24) is 20.4 Å². The second kappa shape index (κ2) is 17.8. The van der Waals surface area contributed by atoms with Gasteiger partial charge in [0.15, 0.2) is 0 Å². The Morgan fingerprint density at radius 2 is 0.940 bits per heavy atom. The number of aryl methyl sites for hydroxylation is 2. The molecule has 50 heavy (non-hydrogen) atoms. The fourth-order valence-corrected chi connectivity index (χ4v) is 6.63. The van der Waals surface area contributed by atoms with E-state index in [1.165, 1.54) is 22.7 Å². The molecule has 2 heterocycles. The summed E-state index contributed by atoms with van der Waals surface area (Å²) in [4.78, 5) is 25.4. The minimum Gasteiger partial charge on any atom is -0.489 e. The van der Waals surface area contributed by atoms with E-state index in [0.29, 0.717) is 23.5 Å². The first kappa shape index (κ1) is 34.4. The average molecular weight is 705 g/mol. The van der Waals surface area contributed by atoms with Gasteiger partial charge in [-0.25, -0.2) is 0 Å². The second-order valence-corrected chi connectivity index (χ2v) is 13.6. The summed E-state index contributed by atoms with van der Waals surface area (Å²) in [5, 5.41) is 25.2. The number of unbranched alkanes of at least 4 members (excludes halogenated alkanes) is 1. The van der Waals surface area contributed by atoms with Crippen molar-refractivity contribution in [2.24, 2.45) is 0 Å². The number of ether oxygens (including phenoxy) is 2. The molecular formula is C38H36N6O4S2. The highest BCUT2D eigenvalue weighted by Crippen LogP contribution is 2.22. The molecule has 2 amide bonds. The van der Waals surface area contributed by atoms with Gasteiger partial charge in [-0.15, -0.1) is 20.4 Å². The fourth-order valence-electron chi connectivity index (χ4n) is 5.03. The number of nitrogens with one attached hydrogen (secondary N) is 2. The number of amides is 2. The van der Waals surface area contributed by atoms with E-state index >= 15 is 0 Å². The molecule has 2 aromatic heterocycles. The molecule has 6 aromatic rings. The summed E-state index contributed by atoms with van der Waals surface area (Å²) in [5.41, 5.74) is 3.87. The zero-order valence-electron chi connectivity index (χ0n) is 27.3. The molecule has 0 radical (unpaired) electrons. The Labute approximate surface area is 298 Å². The van der Waals surface area contributed by atoms with Gasteiger partial charge in [-0.1, -0.05) is 108 Å². The van der Waals surface area contributed by atoms with Crippen LogP contribution in [0.5, 0.6) is 11.5 Å². The van der Waals surface area contributed by atoms with Gasteiger partial charge in [-0.2, -0.15) is 0 Å². The van der Waals surface area contributed by atoms with Crippen LogP contribution in [0.1, 0.15) is 45.1 Å². The number of benzene rings is 4. The van der Waals surface area contributed by atoms with Gasteiger partial charge < -0.3 is 20.1 Å². The lowest BCUT2D eigenvalue weighted by Gasteiger charge is -2.08. The molecule has 0 atom stereocenters. The monoisotopic (exact) mass is 704 g/mol. The molecule has 10 nitrogen and oxygen atoms in total.